The third-order valence-corrected chi connectivity index (χ3v) is 2.52. The van der Waals surface area contributed by atoms with Crippen LogP contribution in [0.3, 0.4) is 0 Å². The van der Waals surface area contributed by atoms with Crippen molar-refractivity contribution in [1.29, 1.82) is 0 Å². The Balaban J connectivity index is 2.21. The number of allylic oxidation sites excluding steroid dienone is 3. The van der Waals surface area contributed by atoms with Crippen molar-refractivity contribution in [2.45, 2.75) is 18.8 Å². The molecule has 1 aliphatic heterocycles. The minimum Gasteiger partial charge on any atom is -0.456 e. The maximum absolute atomic E-state index is 6.32. The first-order valence-corrected chi connectivity index (χ1v) is 5.40. The average molecular weight is 237 g/mol. The Morgan fingerprint density at radius 1 is 1.44 bits per heavy atom. The SMILES string of the molecule is CC1=CC=C(Oc2cccnc2)C(C)(Cl)N1. The van der Waals surface area contributed by atoms with E-state index in [1.807, 2.05) is 38.1 Å². The third-order valence-electron chi connectivity index (χ3n) is 2.24. The van der Waals surface area contributed by atoms with Gasteiger partial charge in [-0.15, -0.1) is 0 Å². The molecule has 84 valence electrons. The van der Waals surface area contributed by atoms with Crippen molar-refractivity contribution in [3.8, 4) is 5.75 Å². The average Bonchev–Trinajstić information content (AvgIpc) is 2.23. The second-order valence-electron chi connectivity index (χ2n) is 3.80. The van der Waals surface area contributed by atoms with E-state index in [1.54, 1.807) is 12.4 Å². The molecule has 0 fully saturated rings. The number of nitrogens with one attached hydrogen (secondary N) is 1. The van der Waals surface area contributed by atoms with Crippen LogP contribution in [-0.2, 0) is 0 Å². The van der Waals surface area contributed by atoms with Crippen LogP contribution < -0.4 is 10.1 Å². The van der Waals surface area contributed by atoms with Crippen LogP contribution in [0.15, 0.2) is 48.1 Å². The van der Waals surface area contributed by atoms with Crippen LogP contribution in [0.25, 0.3) is 0 Å². The normalized spacial score (nSPS) is 24.2. The number of hydrogen-bond acceptors (Lipinski definition) is 3. The highest BCUT2D eigenvalue weighted by Gasteiger charge is 2.30. The van der Waals surface area contributed by atoms with Crippen LogP contribution in [0.2, 0.25) is 0 Å². The second kappa shape index (κ2) is 4.18. The molecule has 16 heavy (non-hydrogen) atoms. The summed E-state index contributed by atoms with van der Waals surface area (Å²) in [6.45, 7) is 3.81. The fraction of sp³-hybridized carbons (Fsp3) is 0.250. The van der Waals surface area contributed by atoms with E-state index < -0.39 is 5.00 Å². The van der Waals surface area contributed by atoms with E-state index in [-0.39, 0.29) is 0 Å². The number of dihydropyridines is 1. The summed E-state index contributed by atoms with van der Waals surface area (Å²) in [5.74, 6) is 1.34. The van der Waals surface area contributed by atoms with Crippen molar-refractivity contribution in [3.05, 3.63) is 48.1 Å². The van der Waals surface area contributed by atoms with Crippen molar-refractivity contribution >= 4 is 11.6 Å². The molecule has 0 spiro atoms. The van der Waals surface area contributed by atoms with Gasteiger partial charge in [-0.1, -0.05) is 11.6 Å². The van der Waals surface area contributed by atoms with Crippen molar-refractivity contribution < 1.29 is 4.74 Å². The molecular weight excluding hydrogens is 224 g/mol. The summed E-state index contributed by atoms with van der Waals surface area (Å²) in [4.78, 5) is 3.27. The molecule has 1 atom stereocenters. The third kappa shape index (κ3) is 2.36. The van der Waals surface area contributed by atoms with E-state index in [9.17, 15) is 0 Å². The van der Waals surface area contributed by atoms with Gasteiger partial charge in [0.1, 0.15) is 11.5 Å². The van der Waals surface area contributed by atoms with Gasteiger partial charge in [-0.3, -0.25) is 4.98 Å². The van der Waals surface area contributed by atoms with E-state index in [2.05, 4.69) is 10.3 Å². The van der Waals surface area contributed by atoms with Crippen molar-refractivity contribution in [1.82, 2.24) is 10.3 Å². The van der Waals surface area contributed by atoms with E-state index in [0.29, 0.717) is 11.5 Å². The van der Waals surface area contributed by atoms with Crippen LogP contribution in [0.4, 0.5) is 0 Å². The highest BCUT2D eigenvalue weighted by molar-refractivity contribution is 6.25. The van der Waals surface area contributed by atoms with Gasteiger partial charge in [0.05, 0.1) is 6.20 Å². The molecule has 0 saturated heterocycles. The number of aromatic nitrogens is 1. The molecule has 1 aliphatic rings. The second-order valence-corrected chi connectivity index (χ2v) is 4.56. The predicted octanol–water partition coefficient (Wildman–Crippen LogP) is 2.81. The van der Waals surface area contributed by atoms with E-state index in [1.165, 1.54) is 0 Å². The Kier molecular flexibility index (Phi) is 2.88. The zero-order valence-electron chi connectivity index (χ0n) is 9.20. The molecule has 3 nitrogen and oxygen atoms in total. The first-order valence-electron chi connectivity index (χ1n) is 5.02. The Morgan fingerprint density at radius 2 is 2.25 bits per heavy atom. The summed E-state index contributed by atoms with van der Waals surface area (Å²) in [6, 6.07) is 3.66. The zero-order chi connectivity index (χ0) is 11.6. The summed E-state index contributed by atoms with van der Waals surface area (Å²) in [7, 11) is 0. The van der Waals surface area contributed by atoms with Gasteiger partial charge in [-0.25, -0.2) is 0 Å². The largest absolute Gasteiger partial charge is 0.456 e. The number of halogens is 1. The summed E-state index contributed by atoms with van der Waals surface area (Å²) in [6.07, 6.45) is 7.14. The summed E-state index contributed by atoms with van der Waals surface area (Å²) < 4.78 is 5.68. The molecule has 4 heteroatoms. The van der Waals surface area contributed by atoms with E-state index >= 15 is 0 Å². The number of pyridine rings is 1. The number of ether oxygens (including phenoxy) is 1. The molecule has 0 saturated carbocycles. The Morgan fingerprint density at radius 3 is 2.88 bits per heavy atom. The van der Waals surface area contributed by atoms with Crippen LogP contribution >= 0.6 is 11.6 Å². The summed E-state index contributed by atoms with van der Waals surface area (Å²) in [5.41, 5.74) is 1.01. The van der Waals surface area contributed by atoms with Crippen LogP contribution in [0.5, 0.6) is 5.75 Å². The van der Waals surface area contributed by atoms with Gasteiger partial charge in [0.2, 0.25) is 0 Å². The van der Waals surface area contributed by atoms with Gasteiger partial charge in [0, 0.05) is 11.9 Å². The van der Waals surface area contributed by atoms with Gasteiger partial charge < -0.3 is 10.1 Å². The minimum absolute atomic E-state index is 0.660. The molecular formula is C12H13ClN2O. The Labute approximate surface area is 99.8 Å². The molecule has 1 N–H and O–H groups in total. The summed E-state index contributed by atoms with van der Waals surface area (Å²) in [5, 5.41) is 3.14. The number of rotatable bonds is 2. The van der Waals surface area contributed by atoms with Gasteiger partial charge in [-0.2, -0.15) is 0 Å². The highest BCUT2D eigenvalue weighted by atomic mass is 35.5. The Hall–Kier alpha value is -1.48. The fourth-order valence-corrected chi connectivity index (χ4v) is 1.75. The van der Waals surface area contributed by atoms with Crippen molar-refractivity contribution in [2.24, 2.45) is 0 Å². The first-order chi connectivity index (χ1) is 7.58. The topological polar surface area (TPSA) is 34.1 Å². The van der Waals surface area contributed by atoms with Crippen molar-refractivity contribution in [2.75, 3.05) is 0 Å². The van der Waals surface area contributed by atoms with Crippen LogP contribution in [-0.4, -0.2) is 9.98 Å². The zero-order valence-corrected chi connectivity index (χ0v) is 9.95. The number of alkyl halides is 1. The van der Waals surface area contributed by atoms with Crippen molar-refractivity contribution in [3.63, 3.8) is 0 Å². The number of nitrogens with zero attached hydrogens (tertiary/aromatic N) is 1. The lowest BCUT2D eigenvalue weighted by molar-refractivity contribution is 0.348. The van der Waals surface area contributed by atoms with Crippen LogP contribution in [0, 0.1) is 0 Å². The molecule has 2 rings (SSSR count). The van der Waals surface area contributed by atoms with Gasteiger partial charge >= 0.3 is 0 Å². The van der Waals surface area contributed by atoms with E-state index in [0.717, 1.165) is 5.70 Å². The summed E-state index contributed by atoms with van der Waals surface area (Å²) >= 11 is 6.32. The highest BCUT2D eigenvalue weighted by Crippen LogP contribution is 2.28. The van der Waals surface area contributed by atoms with Gasteiger partial charge in [0.15, 0.2) is 5.00 Å². The molecule has 1 aromatic heterocycles. The molecule has 1 aromatic rings. The fourth-order valence-electron chi connectivity index (χ4n) is 1.50. The molecule has 0 amide bonds. The number of hydrogen-bond donors (Lipinski definition) is 1. The molecule has 0 bridgehead atoms. The minimum atomic E-state index is -0.714. The molecule has 0 radical (unpaired) electrons. The smallest absolute Gasteiger partial charge is 0.168 e. The van der Waals surface area contributed by atoms with Crippen LogP contribution in [0.1, 0.15) is 13.8 Å². The van der Waals surface area contributed by atoms with E-state index in [4.69, 9.17) is 16.3 Å². The monoisotopic (exact) mass is 236 g/mol. The van der Waals surface area contributed by atoms with Gasteiger partial charge in [-0.05, 0) is 38.1 Å². The first kappa shape index (κ1) is 11.0. The maximum atomic E-state index is 6.32. The molecule has 2 heterocycles. The predicted molar refractivity (Wildman–Crippen MR) is 64.1 cm³/mol. The maximum Gasteiger partial charge on any atom is 0.168 e. The quantitative estimate of drug-likeness (QED) is 0.633. The lowest BCUT2D eigenvalue weighted by atomic mass is 10.1. The molecule has 0 aromatic carbocycles. The van der Waals surface area contributed by atoms with Gasteiger partial charge in [0.25, 0.3) is 0 Å². The standard InChI is InChI=1S/C12H13ClN2O/c1-9-5-6-11(12(2,13)15-9)16-10-4-3-7-14-8-10/h3-8,15H,1-2H3. The lowest BCUT2D eigenvalue weighted by Gasteiger charge is -2.30. The lowest BCUT2D eigenvalue weighted by Crippen LogP contribution is -2.41. The Bertz CT molecular complexity index is 438. The molecule has 0 aliphatic carbocycles. The molecule has 1 unspecified atom stereocenters.